The SMILES string of the molecule is CCOC(=O)c1ccc(NC(=O)C2CCC(C(=O)Nc3cc(C)on3)CC2)cc1. The summed E-state index contributed by atoms with van der Waals surface area (Å²) in [5.74, 6) is 0.224. The average Bonchev–Trinajstić information content (AvgIpc) is 3.13. The molecule has 1 aromatic carbocycles. The fourth-order valence-corrected chi connectivity index (χ4v) is 3.42. The summed E-state index contributed by atoms with van der Waals surface area (Å²) in [6.45, 7) is 3.83. The van der Waals surface area contributed by atoms with Crippen LogP contribution in [0.2, 0.25) is 0 Å². The third kappa shape index (κ3) is 5.43. The molecular formula is C21H25N3O5. The van der Waals surface area contributed by atoms with Gasteiger partial charge in [0.05, 0.1) is 12.2 Å². The van der Waals surface area contributed by atoms with E-state index in [-0.39, 0.29) is 29.6 Å². The van der Waals surface area contributed by atoms with Gasteiger partial charge in [0.2, 0.25) is 11.8 Å². The van der Waals surface area contributed by atoms with Crippen LogP contribution >= 0.6 is 0 Å². The fourth-order valence-electron chi connectivity index (χ4n) is 3.42. The molecule has 0 unspecified atom stereocenters. The van der Waals surface area contributed by atoms with Gasteiger partial charge in [0, 0.05) is 23.6 Å². The van der Waals surface area contributed by atoms with E-state index in [0.717, 1.165) is 0 Å². The number of anilines is 2. The number of benzene rings is 1. The number of hydrogen-bond acceptors (Lipinski definition) is 6. The Balaban J connectivity index is 1.47. The first-order valence-electron chi connectivity index (χ1n) is 9.78. The molecule has 1 saturated carbocycles. The number of amides is 2. The molecule has 1 aromatic heterocycles. The molecule has 0 saturated heterocycles. The highest BCUT2D eigenvalue weighted by Crippen LogP contribution is 2.30. The van der Waals surface area contributed by atoms with Crippen LogP contribution in [-0.4, -0.2) is 29.5 Å². The molecule has 154 valence electrons. The van der Waals surface area contributed by atoms with E-state index in [2.05, 4.69) is 15.8 Å². The van der Waals surface area contributed by atoms with Gasteiger partial charge in [0.1, 0.15) is 5.76 Å². The lowest BCUT2D eigenvalue weighted by Crippen LogP contribution is -2.32. The smallest absolute Gasteiger partial charge is 0.338 e. The number of rotatable bonds is 6. The highest BCUT2D eigenvalue weighted by atomic mass is 16.5. The summed E-state index contributed by atoms with van der Waals surface area (Å²) >= 11 is 0. The van der Waals surface area contributed by atoms with Crippen LogP contribution in [-0.2, 0) is 14.3 Å². The van der Waals surface area contributed by atoms with Crippen molar-refractivity contribution in [2.45, 2.75) is 39.5 Å². The number of ether oxygens (including phenoxy) is 1. The number of nitrogens with one attached hydrogen (secondary N) is 2. The lowest BCUT2D eigenvalue weighted by Gasteiger charge is -2.26. The Morgan fingerprint density at radius 1 is 1.03 bits per heavy atom. The summed E-state index contributed by atoms with van der Waals surface area (Å²) in [6, 6.07) is 8.29. The van der Waals surface area contributed by atoms with Crippen molar-refractivity contribution in [3.8, 4) is 0 Å². The van der Waals surface area contributed by atoms with Gasteiger partial charge in [0.15, 0.2) is 5.82 Å². The minimum absolute atomic E-state index is 0.0696. The maximum absolute atomic E-state index is 12.5. The number of nitrogens with zero attached hydrogens (tertiary/aromatic N) is 1. The van der Waals surface area contributed by atoms with Crippen molar-refractivity contribution in [2.75, 3.05) is 17.2 Å². The van der Waals surface area contributed by atoms with Crippen molar-refractivity contribution in [3.05, 3.63) is 41.7 Å². The number of esters is 1. The summed E-state index contributed by atoms with van der Waals surface area (Å²) in [5, 5.41) is 9.41. The molecular weight excluding hydrogens is 374 g/mol. The molecule has 0 radical (unpaired) electrons. The molecule has 0 aliphatic heterocycles. The standard InChI is InChI=1S/C21H25N3O5/c1-3-28-21(27)16-8-10-17(11-9-16)22-19(25)14-4-6-15(7-5-14)20(26)23-18-12-13(2)29-24-18/h8-12,14-15H,3-7H2,1-2H3,(H,22,25)(H,23,24,26). The molecule has 2 N–H and O–H groups in total. The van der Waals surface area contributed by atoms with Gasteiger partial charge >= 0.3 is 5.97 Å². The van der Waals surface area contributed by atoms with Gasteiger partial charge in [-0.2, -0.15) is 0 Å². The van der Waals surface area contributed by atoms with Crippen molar-refractivity contribution in [1.82, 2.24) is 5.16 Å². The lowest BCUT2D eigenvalue weighted by molar-refractivity contribution is -0.125. The molecule has 1 heterocycles. The highest BCUT2D eigenvalue weighted by Gasteiger charge is 2.30. The second-order valence-electron chi connectivity index (χ2n) is 7.15. The van der Waals surface area contributed by atoms with Crippen molar-refractivity contribution in [2.24, 2.45) is 11.8 Å². The molecule has 2 aromatic rings. The fraction of sp³-hybridized carbons (Fsp3) is 0.429. The first-order valence-corrected chi connectivity index (χ1v) is 9.78. The molecule has 1 aliphatic carbocycles. The number of carbonyl (C=O) groups is 3. The molecule has 1 aliphatic rings. The van der Waals surface area contributed by atoms with Crippen LogP contribution in [0.3, 0.4) is 0 Å². The number of carbonyl (C=O) groups excluding carboxylic acids is 3. The van der Waals surface area contributed by atoms with Gasteiger partial charge in [-0.1, -0.05) is 5.16 Å². The monoisotopic (exact) mass is 399 g/mol. The van der Waals surface area contributed by atoms with Gasteiger partial charge in [-0.25, -0.2) is 4.79 Å². The minimum Gasteiger partial charge on any atom is -0.462 e. The van der Waals surface area contributed by atoms with Gasteiger partial charge in [-0.3, -0.25) is 9.59 Å². The zero-order chi connectivity index (χ0) is 20.8. The van der Waals surface area contributed by atoms with Crippen LogP contribution in [0.4, 0.5) is 11.5 Å². The van der Waals surface area contributed by atoms with Crippen molar-refractivity contribution < 1.29 is 23.6 Å². The molecule has 1 fully saturated rings. The zero-order valence-electron chi connectivity index (χ0n) is 16.6. The second kappa shape index (κ2) is 9.36. The Labute approximate surface area is 169 Å². The summed E-state index contributed by atoms with van der Waals surface area (Å²) in [4.78, 5) is 36.6. The quantitative estimate of drug-likeness (QED) is 0.719. The van der Waals surface area contributed by atoms with Gasteiger partial charge in [-0.15, -0.1) is 0 Å². The molecule has 8 heteroatoms. The first-order chi connectivity index (χ1) is 14.0. The Bertz CT molecular complexity index is 867. The number of aryl methyl sites for hydroxylation is 1. The van der Waals surface area contributed by atoms with Gasteiger partial charge in [-0.05, 0) is 63.8 Å². The first kappa shape index (κ1) is 20.6. The largest absolute Gasteiger partial charge is 0.462 e. The molecule has 0 atom stereocenters. The molecule has 8 nitrogen and oxygen atoms in total. The third-order valence-electron chi connectivity index (χ3n) is 5.01. The molecule has 0 spiro atoms. The van der Waals surface area contributed by atoms with Crippen molar-refractivity contribution in [1.29, 1.82) is 0 Å². The van der Waals surface area contributed by atoms with Crippen LogP contribution in [0.1, 0.15) is 48.7 Å². The normalized spacial score (nSPS) is 18.7. The van der Waals surface area contributed by atoms with E-state index in [1.807, 2.05) is 0 Å². The number of aromatic nitrogens is 1. The van der Waals surface area contributed by atoms with E-state index in [0.29, 0.717) is 55.1 Å². The second-order valence-corrected chi connectivity index (χ2v) is 7.15. The molecule has 3 rings (SSSR count). The average molecular weight is 399 g/mol. The maximum Gasteiger partial charge on any atom is 0.338 e. The van der Waals surface area contributed by atoms with Crippen LogP contribution in [0.15, 0.2) is 34.9 Å². The molecule has 0 bridgehead atoms. The lowest BCUT2D eigenvalue weighted by atomic mass is 9.81. The Kier molecular flexibility index (Phi) is 6.64. The van der Waals surface area contributed by atoms with Crippen molar-refractivity contribution >= 4 is 29.3 Å². The maximum atomic E-state index is 12.5. The van der Waals surface area contributed by atoms with Crippen molar-refractivity contribution in [3.63, 3.8) is 0 Å². The molecule has 2 amide bonds. The van der Waals surface area contributed by atoms with E-state index in [4.69, 9.17) is 9.26 Å². The minimum atomic E-state index is -0.386. The van der Waals surface area contributed by atoms with Crippen LogP contribution < -0.4 is 10.6 Å². The highest BCUT2D eigenvalue weighted by molar-refractivity contribution is 5.95. The summed E-state index contributed by atoms with van der Waals surface area (Å²) in [6.07, 6.45) is 2.57. The Morgan fingerprint density at radius 3 is 2.14 bits per heavy atom. The van der Waals surface area contributed by atoms with Gasteiger partial charge < -0.3 is 19.9 Å². The van der Waals surface area contributed by atoms with E-state index >= 15 is 0 Å². The number of hydrogen-bond donors (Lipinski definition) is 2. The van der Waals surface area contributed by atoms with Crippen LogP contribution in [0, 0.1) is 18.8 Å². The van der Waals surface area contributed by atoms with Crippen LogP contribution in [0.5, 0.6) is 0 Å². The Morgan fingerprint density at radius 2 is 1.62 bits per heavy atom. The third-order valence-corrected chi connectivity index (χ3v) is 5.01. The summed E-state index contributed by atoms with van der Waals surface area (Å²) in [7, 11) is 0. The predicted octanol–water partition coefficient (Wildman–Crippen LogP) is 3.54. The molecule has 29 heavy (non-hydrogen) atoms. The zero-order valence-corrected chi connectivity index (χ0v) is 16.6. The predicted molar refractivity (Wildman–Crippen MR) is 106 cm³/mol. The van der Waals surface area contributed by atoms with E-state index in [1.165, 1.54) is 0 Å². The Hall–Kier alpha value is -3.16. The van der Waals surface area contributed by atoms with E-state index in [9.17, 15) is 14.4 Å². The van der Waals surface area contributed by atoms with Gasteiger partial charge in [0.25, 0.3) is 0 Å². The van der Waals surface area contributed by atoms with E-state index in [1.54, 1.807) is 44.2 Å². The summed E-state index contributed by atoms with van der Waals surface area (Å²) < 4.78 is 9.89. The van der Waals surface area contributed by atoms with Crippen LogP contribution in [0.25, 0.3) is 0 Å². The topological polar surface area (TPSA) is 111 Å². The summed E-state index contributed by atoms with van der Waals surface area (Å²) in [5.41, 5.74) is 1.07. The van der Waals surface area contributed by atoms with E-state index < -0.39 is 0 Å².